The third kappa shape index (κ3) is 7.83. The van der Waals surface area contributed by atoms with Gasteiger partial charge in [-0.25, -0.2) is 8.42 Å². The van der Waals surface area contributed by atoms with Gasteiger partial charge < -0.3 is 10.2 Å². The summed E-state index contributed by atoms with van der Waals surface area (Å²) in [5.74, 6) is -1.02. The van der Waals surface area contributed by atoms with Gasteiger partial charge in [0.25, 0.3) is 10.0 Å². The highest BCUT2D eigenvalue weighted by molar-refractivity contribution is 7.92. The van der Waals surface area contributed by atoms with Crippen LogP contribution in [0.1, 0.15) is 32.3 Å². The molecule has 214 valence electrons. The van der Waals surface area contributed by atoms with E-state index < -0.39 is 28.5 Å². The van der Waals surface area contributed by atoms with Crippen LogP contribution in [-0.2, 0) is 26.2 Å². The topological polar surface area (TPSA) is 86.8 Å². The van der Waals surface area contributed by atoms with Crippen LogP contribution in [0.5, 0.6) is 0 Å². The van der Waals surface area contributed by atoms with Crippen LogP contribution in [-0.4, -0.2) is 44.3 Å². The number of halogens is 4. The minimum Gasteiger partial charge on any atom is -0.354 e. The Bertz CT molecular complexity index is 1410. The van der Waals surface area contributed by atoms with E-state index in [-0.39, 0.29) is 39.5 Å². The molecule has 3 aromatic carbocycles. The lowest BCUT2D eigenvalue weighted by molar-refractivity contribution is -0.140. The highest BCUT2D eigenvalue weighted by Gasteiger charge is 2.34. The lowest BCUT2D eigenvalue weighted by atomic mass is 10.1. The second-order valence-electron chi connectivity index (χ2n) is 8.89. The van der Waals surface area contributed by atoms with Crippen molar-refractivity contribution in [2.24, 2.45) is 0 Å². The molecule has 0 aliphatic heterocycles. The predicted molar refractivity (Wildman–Crippen MR) is 162 cm³/mol. The van der Waals surface area contributed by atoms with E-state index in [1.807, 2.05) is 6.92 Å². The maximum Gasteiger partial charge on any atom is 0.264 e. The molecule has 0 fully saturated rings. The van der Waals surface area contributed by atoms with Gasteiger partial charge in [-0.05, 0) is 55.3 Å². The Morgan fingerprint density at radius 3 is 2.02 bits per heavy atom. The van der Waals surface area contributed by atoms with Crippen molar-refractivity contribution in [3.8, 4) is 0 Å². The molecule has 0 saturated carbocycles. The number of carbonyl (C=O) groups is 2. The second-order valence-corrected chi connectivity index (χ2v) is 12.4. The molecule has 2 amide bonds. The zero-order chi connectivity index (χ0) is 29.4. The van der Waals surface area contributed by atoms with Crippen molar-refractivity contribution < 1.29 is 18.0 Å². The Morgan fingerprint density at radius 2 is 1.48 bits per heavy atom. The summed E-state index contributed by atoms with van der Waals surface area (Å²) in [7, 11) is -4.26. The Morgan fingerprint density at radius 1 is 0.875 bits per heavy atom. The van der Waals surface area contributed by atoms with Gasteiger partial charge >= 0.3 is 0 Å². The Kier molecular flexibility index (Phi) is 11.5. The fraction of sp³-hybridized carbons (Fsp3) is 0.286. The number of anilines is 1. The number of nitrogens with zero attached hydrogens (tertiary/aromatic N) is 2. The van der Waals surface area contributed by atoms with Crippen LogP contribution in [0.2, 0.25) is 20.1 Å². The minimum atomic E-state index is -4.26. The molecule has 7 nitrogen and oxygen atoms in total. The largest absolute Gasteiger partial charge is 0.354 e. The van der Waals surface area contributed by atoms with Crippen LogP contribution >= 0.6 is 46.4 Å². The van der Waals surface area contributed by atoms with Crippen molar-refractivity contribution in [2.75, 3.05) is 17.4 Å². The van der Waals surface area contributed by atoms with Crippen molar-refractivity contribution in [1.29, 1.82) is 0 Å². The molecule has 0 bridgehead atoms. The summed E-state index contributed by atoms with van der Waals surface area (Å²) >= 11 is 25.3. The van der Waals surface area contributed by atoms with E-state index in [4.69, 9.17) is 46.4 Å². The summed E-state index contributed by atoms with van der Waals surface area (Å²) in [4.78, 5) is 28.5. The molecular formula is C28H29Cl4N3O4S. The second kappa shape index (κ2) is 14.4. The normalized spacial score (nSPS) is 12.1. The highest BCUT2D eigenvalue weighted by Crippen LogP contribution is 2.31. The van der Waals surface area contributed by atoms with Gasteiger partial charge in [0.15, 0.2) is 0 Å². The monoisotopic (exact) mass is 643 g/mol. The fourth-order valence-corrected chi connectivity index (χ4v) is 6.52. The first-order valence-corrected chi connectivity index (χ1v) is 15.5. The van der Waals surface area contributed by atoms with Gasteiger partial charge in [0, 0.05) is 38.7 Å². The molecule has 0 radical (unpaired) electrons. The van der Waals surface area contributed by atoms with Gasteiger partial charge in [-0.1, -0.05) is 84.5 Å². The standard InChI is InChI=1S/C28H29Cl4N3O4S/c1-3-13-33-28(37)26(4-2)34(17-23-24(31)11-8-12-25(23)32)27(36)18-35(21-15-19(29)14-20(30)16-21)40(38,39)22-9-6-5-7-10-22/h5-12,14-16,26H,3-4,13,17-18H2,1-2H3,(H,33,37)/t26-/m1/s1. The molecule has 0 saturated heterocycles. The van der Waals surface area contributed by atoms with Crippen molar-refractivity contribution in [3.63, 3.8) is 0 Å². The van der Waals surface area contributed by atoms with E-state index in [0.29, 0.717) is 28.6 Å². The molecule has 3 aromatic rings. The van der Waals surface area contributed by atoms with E-state index in [2.05, 4.69) is 5.32 Å². The number of benzene rings is 3. The van der Waals surface area contributed by atoms with E-state index in [1.165, 1.54) is 35.2 Å². The first-order chi connectivity index (χ1) is 19.0. The Hall–Kier alpha value is -2.49. The molecular weight excluding hydrogens is 616 g/mol. The van der Waals surface area contributed by atoms with Crippen LogP contribution in [0.4, 0.5) is 5.69 Å². The quantitative estimate of drug-likeness (QED) is 0.234. The van der Waals surface area contributed by atoms with Gasteiger partial charge in [-0.3, -0.25) is 13.9 Å². The fourth-order valence-electron chi connectivity index (χ4n) is 4.07. The molecule has 0 aliphatic rings. The zero-order valence-corrected chi connectivity index (χ0v) is 25.8. The number of carbonyl (C=O) groups excluding carboxylic acids is 2. The van der Waals surface area contributed by atoms with E-state index in [0.717, 1.165) is 4.31 Å². The summed E-state index contributed by atoms with van der Waals surface area (Å²) < 4.78 is 28.6. The number of hydrogen-bond donors (Lipinski definition) is 1. The summed E-state index contributed by atoms with van der Waals surface area (Å²) in [5.41, 5.74) is 0.526. The van der Waals surface area contributed by atoms with Crippen LogP contribution < -0.4 is 9.62 Å². The maximum atomic E-state index is 14.1. The number of sulfonamides is 1. The van der Waals surface area contributed by atoms with Gasteiger partial charge in [-0.2, -0.15) is 0 Å². The summed E-state index contributed by atoms with van der Waals surface area (Å²) in [5, 5.41) is 3.82. The number of hydrogen-bond acceptors (Lipinski definition) is 4. The van der Waals surface area contributed by atoms with Crippen molar-refractivity contribution in [2.45, 2.75) is 44.2 Å². The van der Waals surface area contributed by atoms with E-state index >= 15 is 0 Å². The summed E-state index contributed by atoms with van der Waals surface area (Å²) in [6, 6.07) is 16.0. The van der Waals surface area contributed by atoms with Gasteiger partial charge in [0.05, 0.1) is 10.6 Å². The molecule has 0 heterocycles. The number of nitrogens with one attached hydrogen (secondary N) is 1. The summed E-state index contributed by atoms with van der Waals surface area (Å²) in [6.45, 7) is 3.33. The Balaban J connectivity index is 2.11. The highest BCUT2D eigenvalue weighted by atomic mass is 35.5. The molecule has 1 N–H and O–H groups in total. The third-order valence-corrected chi connectivity index (χ3v) is 9.00. The van der Waals surface area contributed by atoms with Crippen molar-refractivity contribution in [3.05, 3.63) is 92.4 Å². The number of rotatable bonds is 12. The molecule has 3 rings (SSSR count). The van der Waals surface area contributed by atoms with Crippen LogP contribution in [0.25, 0.3) is 0 Å². The lowest BCUT2D eigenvalue weighted by Crippen LogP contribution is -2.52. The average molecular weight is 645 g/mol. The zero-order valence-electron chi connectivity index (χ0n) is 21.9. The predicted octanol–water partition coefficient (Wildman–Crippen LogP) is 6.83. The van der Waals surface area contributed by atoms with Crippen LogP contribution in [0, 0.1) is 0 Å². The molecule has 40 heavy (non-hydrogen) atoms. The van der Waals surface area contributed by atoms with Crippen LogP contribution in [0.3, 0.4) is 0 Å². The van der Waals surface area contributed by atoms with E-state index in [1.54, 1.807) is 43.3 Å². The SMILES string of the molecule is CCCNC(=O)[C@@H](CC)N(Cc1c(Cl)cccc1Cl)C(=O)CN(c1cc(Cl)cc(Cl)c1)S(=O)(=O)c1ccccc1. The molecule has 1 atom stereocenters. The van der Waals surface area contributed by atoms with Crippen molar-refractivity contribution >= 4 is 73.9 Å². The van der Waals surface area contributed by atoms with Crippen molar-refractivity contribution in [1.82, 2.24) is 10.2 Å². The van der Waals surface area contributed by atoms with Gasteiger partial charge in [0.1, 0.15) is 12.6 Å². The van der Waals surface area contributed by atoms with E-state index in [9.17, 15) is 18.0 Å². The smallest absolute Gasteiger partial charge is 0.264 e. The molecule has 0 aromatic heterocycles. The average Bonchev–Trinajstić information content (AvgIpc) is 2.91. The maximum absolute atomic E-state index is 14.1. The van der Waals surface area contributed by atoms with Crippen LogP contribution in [0.15, 0.2) is 71.6 Å². The molecule has 0 spiro atoms. The molecule has 12 heteroatoms. The molecule has 0 unspecified atom stereocenters. The number of amides is 2. The first-order valence-electron chi connectivity index (χ1n) is 12.5. The molecule has 0 aliphatic carbocycles. The lowest BCUT2D eigenvalue weighted by Gasteiger charge is -2.33. The minimum absolute atomic E-state index is 0.0349. The Labute approximate surface area is 255 Å². The summed E-state index contributed by atoms with van der Waals surface area (Å²) in [6.07, 6.45) is 0.961. The van der Waals surface area contributed by atoms with Gasteiger partial charge in [0.2, 0.25) is 11.8 Å². The first kappa shape index (κ1) is 32.0. The van der Waals surface area contributed by atoms with Gasteiger partial charge in [-0.15, -0.1) is 0 Å². The third-order valence-electron chi connectivity index (χ3n) is 6.07.